The van der Waals surface area contributed by atoms with Crippen molar-refractivity contribution in [1.29, 1.82) is 0 Å². The Bertz CT molecular complexity index is 174. The van der Waals surface area contributed by atoms with Crippen molar-refractivity contribution in [1.82, 2.24) is 5.32 Å². The monoisotopic (exact) mass is 184 g/mol. The number of nitrogens with one attached hydrogen (secondary N) is 1. The largest absolute Gasteiger partial charge is 0.378 e. The Kier molecular flexibility index (Phi) is 2.86. The van der Waals surface area contributed by atoms with Gasteiger partial charge >= 0.3 is 0 Å². The van der Waals surface area contributed by atoms with Gasteiger partial charge in [0.05, 0.1) is 6.10 Å². The molecule has 4 atom stereocenters. The maximum atomic E-state index is 6.03. The second-order valence-corrected chi connectivity index (χ2v) is 4.32. The SMILES string of the molecule is COC1C(N)CCC2CCCNC21. The molecule has 0 spiro atoms. The summed E-state index contributed by atoms with van der Waals surface area (Å²) in [6.45, 7) is 1.13. The first-order valence-corrected chi connectivity index (χ1v) is 5.34. The van der Waals surface area contributed by atoms with Crippen molar-refractivity contribution in [2.75, 3.05) is 13.7 Å². The third-order valence-corrected chi connectivity index (χ3v) is 3.56. The predicted molar refractivity (Wildman–Crippen MR) is 52.5 cm³/mol. The molecule has 1 aliphatic heterocycles. The second kappa shape index (κ2) is 3.95. The Morgan fingerprint density at radius 3 is 2.92 bits per heavy atom. The van der Waals surface area contributed by atoms with Gasteiger partial charge in [-0.3, -0.25) is 0 Å². The quantitative estimate of drug-likeness (QED) is 0.623. The summed E-state index contributed by atoms with van der Waals surface area (Å²) in [5.74, 6) is 0.804. The molecule has 13 heavy (non-hydrogen) atoms. The first-order chi connectivity index (χ1) is 6.33. The summed E-state index contributed by atoms with van der Waals surface area (Å²) < 4.78 is 5.49. The minimum atomic E-state index is 0.233. The smallest absolute Gasteiger partial charge is 0.0877 e. The van der Waals surface area contributed by atoms with Crippen LogP contribution in [0.5, 0.6) is 0 Å². The molecule has 0 aromatic carbocycles. The van der Waals surface area contributed by atoms with Crippen LogP contribution in [0.2, 0.25) is 0 Å². The Labute approximate surface area is 80.0 Å². The molecular formula is C10H20N2O. The van der Waals surface area contributed by atoms with Gasteiger partial charge in [0.15, 0.2) is 0 Å². The standard InChI is InChI=1S/C10H20N2O/c1-13-10-8(11)5-4-7-3-2-6-12-9(7)10/h7-10,12H,2-6,11H2,1H3. The van der Waals surface area contributed by atoms with Crippen LogP contribution in [0.3, 0.4) is 0 Å². The normalized spacial score (nSPS) is 45.7. The van der Waals surface area contributed by atoms with Gasteiger partial charge in [-0.15, -0.1) is 0 Å². The van der Waals surface area contributed by atoms with E-state index >= 15 is 0 Å². The van der Waals surface area contributed by atoms with E-state index in [0.29, 0.717) is 6.04 Å². The predicted octanol–water partition coefficient (Wildman–Crippen LogP) is 0.491. The Morgan fingerprint density at radius 2 is 2.15 bits per heavy atom. The fraction of sp³-hybridized carbons (Fsp3) is 1.00. The number of piperidine rings is 1. The van der Waals surface area contributed by atoms with Crippen LogP contribution < -0.4 is 11.1 Å². The molecule has 4 unspecified atom stereocenters. The molecule has 0 bridgehead atoms. The average molecular weight is 184 g/mol. The number of methoxy groups -OCH3 is 1. The molecule has 0 radical (unpaired) electrons. The molecule has 76 valence electrons. The van der Waals surface area contributed by atoms with Crippen molar-refractivity contribution >= 4 is 0 Å². The summed E-state index contributed by atoms with van der Waals surface area (Å²) in [6, 6.07) is 0.749. The van der Waals surface area contributed by atoms with E-state index in [1.165, 1.54) is 19.3 Å². The Morgan fingerprint density at radius 1 is 1.31 bits per heavy atom. The van der Waals surface area contributed by atoms with E-state index in [9.17, 15) is 0 Å². The van der Waals surface area contributed by atoms with Gasteiger partial charge in [0.2, 0.25) is 0 Å². The molecular weight excluding hydrogens is 164 g/mol. The number of rotatable bonds is 1. The fourth-order valence-corrected chi connectivity index (χ4v) is 2.85. The van der Waals surface area contributed by atoms with E-state index in [4.69, 9.17) is 10.5 Å². The van der Waals surface area contributed by atoms with Gasteiger partial charge in [0, 0.05) is 19.2 Å². The van der Waals surface area contributed by atoms with E-state index in [0.717, 1.165) is 18.9 Å². The maximum absolute atomic E-state index is 6.03. The number of nitrogens with two attached hydrogens (primary N) is 1. The summed E-state index contributed by atoms with van der Waals surface area (Å²) in [7, 11) is 1.78. The third-order valence-electron chi connectivity index (χ3n) is 3.56. The van der Waals surface area contributed by atoms with Gasteiger partial charge in [0.25, 0.3) is 0 Å². The van der Waals surface area contributed by atoms with Gasteiger partial charge in [-0.2, -0.15) is 0 Å². The molecule has 0 aromatic rings. The second-order valence-electron chi connectivity index (χ2n) is 4.32. The molecule has 1 heterocycles. The van der Waals surface area contributed by atoms with Crippen molar-refractivity contribution in [2.24, 2.45) is 11.7 Å². The lowest BCUT2D eigenvalue weighted by Gasteiger charge is -2.44. The average Bonchev–Trinajstić information content (AvgIpc) is 2.18. The maximum Gasteiger partial charge on any atom is 0.0877 e. The van der Waals surface area contributed by atoms with Crippen molar-refractivity contribution < 1.29 is 4.74 Å². The van der Waals surface area contributed by atoms with Crippen LogP contribution in [0.4, 0.5) is 0 Å². The van der Waals surface area contributed by atoms with Crippen LogP contribution in [-0.2, 0) is 4.74 Å². The van der Waals surface area contributed by atoms with Gasteiger partial charge in [0.1, 0.15) is 0 Å². The van der Waals surface area contributed by atoms with E-state index < -0.39 is 0 Å². The Balaban J connectivity index is 2.04. The number of hydrogen-bond acceptors (Lipinski definition) is 3. The number of hydrogen-bond donors (Lipinski definition) is 2. The van der Waals surface area contributed by atoms with Crippen molar-refractivity contribution in [3.63, 3.8) is 0 Å². The van der Waals surface area contributed by atoms with Crippen LogP contribution in [0.1, 0.15) is 25.7 Å². The fourth-order valence-electron chi connectivity index (χ4n) is 2.85. The zero-order valence-electron chi connectivity index (χ0n) is 8.33. The first kappa shape index (κ1) is 9.44. The molecule has 1 saturated carbocycles. The van der Waals surface area contributed by atoms with Crippen molar-refractivity contribution in [3.05, 3.63) is 0 Å². The molecule has 0 amide bonds. The summed E-state index contributed by atoms with van der Waals surface area (Å²) in [5, 5.41) is 3.55. The highest BCUT2D eigenvalue weighted by atomic mass is 16.5. The molecule has 2 rings (SSSR count). The molecule has 3 heteroatoms. The van der Waals surface area contributed by atoms with Gasteiger partial charge in [-0.25, -0.2) is 0 Å². The number of ether oxygens (including phenoxy) is 1. The van der Waals surface area contributed by atoms with Crippen molar-refractivity contribution in [3.8, 4) is 0 Å². The highest BCUT2D eigenvalue weighted by Gasteiger charge is 2.38. The number of fused-ring (bicyclic) bond motifs is 1. The molecule has 3 nitrogen and oxygen atoms in total. The third kappa shape index (κ3) is 1.73. The summed E-state index contributed by atoms with van der Waals surface area (Å²) in [5.41, 5.74) is 6.03. The molecule has 2 fully saturated rings. The van der Waals surface area contributed by atoms with E-state index in [1.54, 1.807) is 7.11 Å². The topological polar surface area (TPSA) is 47.3 Å². The highest BCUT2D eigenvalue weighted by Crippen LogP contribution is 2.31. The summed E-state index contributed by atoms with van der Waals surface area (Å²) >= 11 is 0. The molecule has 2 aliphatic rings. The lowest BCUT2D eigenvalue weighted by Crippen LogP contribution is -2.59. The van der Waals surface area contributed by atoms with Gasteiger partial charge in [-0.1, -0.05) is 0 Å². The molecule has 1 aliphatic carbocycles. The minimum Gasteiger partial charge on any atom is -0.378 e. The first-order valence-electron chi connectivity index (χ1n) is 5.34. The van der Waals surface area contributed by atoms with E-state index in [-0.39, 0.29) is 12.1 Å². The van der Waals surface area contributed by atoms with Crippen LogP contribution in [-0.4, -0.2) is 31.8 Å². The van der Waals surface area contributed by atoms with Crippen LogP contribution >= 0.6 is 0 Å². The minimum absolute atomic E-state index is 0.233. The highest BCUT2D eigenvalue weighted by molar-refractivity contribution is 4.96. The van der Waals surface area contributed by atoms with Crippen LogP contribution in [0.15, 0.2) is 0 Å². The lowest BCUT2D eigenvalue weighted by atomic mass is 9.76. The lowest BCUT2D eigenvalue weighted by molar-refractivity contribution is -0.00726. The van der Waals surface area contributed by atoms with Crippen molar-refractivity contribution in [2.45, 2.75) is 43.9 Å². The molecule has 1 saturated heterocycles. The van der Waals surface area contributed by atoms with Gasteiger partial charge in [-0.05, 0) is 38.1 Å². The zero-order chi connectivity index (χ0) is 9.26. The molecule has 0 aromatic heterocycles. The molecule has 3 N–H and O–H groups in total. The van der Waals surface area contributed by atoms with Crippen LogP contribution in [0, 0.1) is 5.92 Å². The van der Waals surface area contributed by atoms with E-state index in [1.807, 2.05) is 0 Å². The van der Waals surface area contributed by atoms with E-state index in [2.05, 4.69) is 5.32 Å². The van der Waals surface area contributed by atoms with Gasteiger partial charge < -0.3 is 15.8 Å². The summed E-state index contributed by atoms with van der Waals surface area (Å²) in [6.07, 6.45) is 5.30. The Hall–Kier alpha value is -0.120. The summed E-state index contributed by atoms with van der Waals surface area (Å²) in [4.78, 5) is 0. The van der Waals surface area contributed by atoms with Crippen LogP contribution in [0.25, 0.3) is 0 Å². The zero-order valence-corrected chi connectivity index (χ0v) is 8.33.